The first kappa shape index (κ1) is 29.6. The van der Waals surface area contributed by atoms with Crippen molar-refractivity contribution in [2.24, 2.45) is 5.41 Å². The molecule has 0 spiro atoms. The molecule has 1 aromatic carbocycles. The van der Waals surface area contributed by atoms with Crippen molar-refractivity contribution in [3.05, 3.63) is 47.2 Å². The summed E-state index contributed by atoms with van der Waals surface area (Å²) in [6, 6.07) is 8.08. The first-order chi connectivity index (χ1) is 17.7. The molecule has 3 rings (SSSR count). The van der Waals surface area contributed by atoms with Crippen LogP contribution in [0.4, 0.5) is 0 Å². The fourth-order valence-electron chi connectivity index (χ4n) is 4.37. The standard InChI is InChI=1S/C27H37N3O6SSi/c1-8-27(4)15-20(32)30(21(33)16-27)37-25-22(28-19(31)14-18-12-10-9-11-13-18)24(34)29(25)23(17(2)3)26(35)36-38(5,6)7/h9-13,22,25H,8,14-16H2,1-7H3,(H,28,31). The Morgan fingerprint density at radius 1 is 1.08 bits per heavy atom. The maximum Gasteiger partial charge on any atom is 0.341 e. The number of benzene rings is 1. The first-order valence-electron chi connectivity index (χ1n) is 12.8. The molecule has 2 heterocycles. The zero-order chi connectivity index (χ0) is 28.4. The van der Waals surface area contributed by atoms with Crippen molar-refractivity contribution in [3.63, 3.8) is 0 Å². The van der Waals surface area contributed by atoms with Gasteiger partial charge in [0.15, 0.2) is 0 Å². The van der Waals surface area contributed by atoms with Crippen LogP contribution in [0.3, 0.4) is 0 Å². The van der Waals surface area contributed by atoms with E-state index in [9.17, 15) is 24.0 Å². The summed E-state index contributed by atoms with van der Waals surface area (Å²) < 4.78 is 6.78. The molecule has 38 heavy (non-hydrogen) atoms. The van der Waals surface area contributed by atoms with Crippen LogP contribution in [0, 0.1) is 5.41 Å². The number of imide groups is 1. The predicted octanol–water partition coefficient (Wildman–Crippen LogP) is 3.77. The monoisotopic (exact) mass is 559 g/mol. The fourth-order valence-corrected chi connectivity index (χ4v) is 6.21. The third-order valence-corrected chi connectivity index (χ3v) is 8.66. The summed E-state index contributed by atoms with van der Waals surface area (Å²) in [7, 11) is -2.30. The zero-order valence-corrected chi connectivity index (χ0v) is 24.9. The van der Waals surface area contributed by atoms with Gasteiger partial charge in [-0.2, -0.15) is 0 Å². The number of nitrogens with one attached hydrogen (secondary N) is 1. The van der Waals surface area contributed by atoms with Crippen LogP contribution in [-0.4, -0.2) is 58.5 Å². The van der Waals surface area contributed by atoms with Crippen LogP contribution in [0.15, 0.2) is 41.6 Å². The molecule has 2 atom stereocenters. The largest absolute Gasteiger partial charge is 0.515 e. The first-order valence-corrected chi connectivity index (χ1v) is 17.0. The molecular formula is C27H37N3O6SSi. The minimum Gasteiger partial charge on any atom is -0.515 e. The fraction of sp³-hybridized carbons (Fsp3) is 0.519. The summed E-state index contributed by atoms with van der Waals surface area (Å²) in [5, 5.41) is 1.88. The number of amides is 4. The van der Waals surface area contributed by atoms with E-state index < -0.39 is 37.0 Å². The van der Waals surface area contributed by atoms with Gasteiger partial charge in [-0.05, 0) is 68.4 Å². The molecular weight excluding hydrogens is 522 g/mol. The highest BCUT2D eigenvalue weighted by Gasteiger charge is 2.55. The lowest BCUT2D eigenvalue weighted by Gasteiger charge is -2.49. The van der Waals surface area contributed by atoms with Crippen molar-refractivity contribution < 1.29 is 28.4 Å². The Balaban J connectivity index is 1.89. The minimum absolute atomic E-state index is 0.0611. The minimum atomic E-state index is -2.30. The molecule has 11 heteroatoms. The Morgan fingerprint density at radius 3 is 2.16 bits per heavy atom. The van der Waals surface area contributed by atoms with Crippen LogP contribution in [0.5, 0.6) is 0 Å². The number of hydrogen-bond donors (Lipinski definition) is 1. The lowest BCUT2D eigenvalue weighted by atomic mass is 9.78. The molecule has 2 aliphatic heterocycles. The smallest absolute Gasteiger partial charge is 0.341 e. The number of carbonyl (C=O) groups excluding carboxylic acids is 5. The van der Waals surface area contributed by atoms with Crippen molar-refractivity contribution >= 4 is 49.9 Å². The van der Waals surface area contributed by atoms with Gasteiger partial charge >= 0.3 is 5.97 Å². The highest BCUT2D eigenvalue weighted by molar-refractivity contribution is 7.98. The van der Waals surface area contributed by atoms with Gasteiger partial charge in [-0.1, -0.05) is 44.2 Å². The molecule has 0 aliphatic carbocycles. The summed E-state index contributed by atoms with van der Waals surface area (Å²) in [5.41, 5.74) is 0.979. The molecule has 0 bridgehead atoms. The van der Waals surface area contributed by atoms with Gasteiger partial charge < -0.3 is 9.74 Å². The molecule has 2 fully saturated rings. The van der Waals surface area contributed by atoms with E-state index in [1.54, 1.807) is 13.8 Å². The summed E-state index contributed by atoms with van der Waals surface area (Å²) in [6.45, 7) is 12.8. The van der Waals surface area contributed by atoms with Gasteiger partial charge in [0.2, 0.25) is 26.0 Å². The van der Waals surface area contributed by atoms with Crippen molar-refractivity contribution in [2.45, 2.75) is 84.4 Å². The van der Waals surface area contributed by atoms with E-state index in [0.29, 0.717) is 12.0 Å². The summed E-state index contributed by atoms with van der Waals surface area (Å²) in [4.78, 5) is 66.7. The van der Waals surface area contributed by atoms with E-state index in [4.69, 9.17) is 4.43 Å². The molecule has 2 aliphatic rings. The van der Waals surface area contributed by atoms with Gasteiger partial charge in [-0.15, -0.1) is 0 Å². The van der Waals surface area contributed by atoms with Gasteiger partial charge in [0.1, 0.15) is 17.1 Å². The molecule has 9 nitrogen and oxygen atoms in total. The number of carbonyl (C=O) groups is 5. The van der Waals surface area contributed by atoms with Crippen molar-refractivity contribution in [1.29, 1.82) is 0 Å². The zero-order valence-electron chi connectivity index (χ0n) is 23.1. The topological polar surface area (TPSA) is 113 Å². The number of likely N-dealkylation sites (tertiary alicyclic amines) is 1. The van der Waals surface area contributed by atoms with Crippen molar-refractivity contribution in [1.82, 2.24) is 14.5 Å². The van der Waals surface area contributed by atoms with Crippen molar-refractivity contribution in [3.8, 4) is 0 Å². The number of allylic oxidation sites excluding steroid dienone is 1. The Morgan fingerprint density at radius 2 is 1.66 bits per heavy atom. The number of nitrogens with zero attached hydrogens (tertiary/aromatic N) is 2. The quantitative estimate of drug-likeness (QED) is 0.161. The van der Waals surface area contributed by atoms with E-state index in [-0.39, 0.29) is 42.7 Å². The average Bonchev–Trinajstić information content (AvgIpc) is 2.80. The maximum absolute atomic E-state index is 13.4. The number of rotatable bonds is 9. The van der Waals surface area contributed by atoms with Gasteiger partial charge in [-0.25, -0.2) is 9.10 Å². The van der Waals surface area contributed by atoms with Gasteiger partial charge in [0.05, 0.1) is 6.42 Å². The Hall–Kier alpha value is -2.92. The normalized spacial score (nSPS) is 21.1. The molecule has 1 N–H and O–H groups in total. The highest BCUT2D eigenvalue weighted by Crippen LogP contribution is 2.42. The summed E-state index contributed by atoms with van der Waals surface area (Å²) in [5.74, 6) is -2.21. The van der Waals surface area contributed by atoms with Crippen LogP contribution in [0.1, 0.15) is 52.5 Å². The molecule has 206 valence electrons. The lowest BCUT2D eigenvalue weighted by molar-refractivity contribution is -0.150. The van der Waals surface area contributed by atoms with Gasteiger partial charge in [0.25, 0.3) is 5.91 Å². The number of piperidine rings is 1. The van der Waals surface area contributed by atoms with Crippen LogP contribution in [0.25, 0.3) is 0 Å². The Labute approximate surface area is 229 Å². The Bertz CT molecular complexity index is 1140. The Kier molecular flexibility index (Phi) is 8.92. The molecule has 4 amide bonds. The molecule has 0 saturated carbocycles. The van der Waals surface area contributed by atoms with Gasteiger partial charge in [0, 0.05) is 12.8 Å². The number of hydrogen-bond acceptors (Lipinski definition) is 7. The second-order valence-electron chi connectivity index (χ2n) is 11.4. The average molecular weight is 560 g/mol. The predicted molar refractivity (Wildman–Crippen MR) is 148 cm³/mol. The highest BCUT2D eigenvalue weighted by atomic mass is 32.2. The van der Waals surface area contributed by atoms with E-state index in [1.165, 1.54) is 4.90 Å². The summed E-state index contributed by atoms with van der Waals surface area (Å²) in [6.07, 6.45) is 1.13. The second kappa shape index (κ2) is 11.4. The van der Waals surface area contributed by atoms with E-state index in [0.717, 1.165) is 21.8 Å². The molecule has 2 unspecified atom stereocenters. The molecule has 0 radical (unpaired) electrons. The molecule has 0 aromatic heterocycles. The number of β-lactam (4-membered cyclic amide) rings is 1. The van der Waals surface area contributed by atoms with Crippen LogP contribution in [-0.2, 0) is 34.8 Å². The maximum atomic E-state index is 13.4. The van der Waals surface area contributed by atoms with Crippen LogP contribution in [0.2, 0.25) is 19.6 Å². The second-order valence-corrected chi connectivity index (χ2v) is 16.8. The van der Waals surface area contributed by atoms with E-state index in [2.05, 4.69) is 5.32 Å². The lowest BCUT2D eigenvalue weighted by Crippen LogP contribution is -2.70. The third kappa shape index (κ3) is 6.74. The van der Waals surface area contributed by atoms with Gasteiger partial charge in [-0.3, -0.25) is 24.1 Å². The van der Waals surface area contributed by atoms with E-state index in [1.807, 2.05) is 63.8 Å². The molecule has 2 saturated heterocycles. The summed E-state index contributed by atoms with van der Waals surface area (Å²) >= 11 is 0.878. The van der Waals surface area contributed by atoms with E-state index >= 15 is 0 Å². The van der Waals surface area contributed by atoms with Crippen LogP contribution < -0.4 is 5.32 Å². The van der Waals surface area contributed by atoms with Crippen molar-refractivity contribution in [2.75, 3.05) is 0 Å². The van der Waals surface area contributed by atoms with Crippen LogP contribution >= 0.6 is 11.9 Å². The third-order valence-electron chi connectivity index (χ3n) is 6.55. The molecule has 1 aromatic rings. The SMILES string of the molecule is CCC1(C)CC(=O)N(SC2C(NC(=O)Cc3ccccc3)C(=O)N2C(C(=O)O[Si](C)(C)C)=C(C)C)C(=O)C1.